The molecule has 2 nitrogen and oxygen atoms in total. The summed E-state index contributed by atoms with van der Waals surface area (Å²) in [5, 5.41) is 1.62. The predicted molar refractivity (Wildman–Crippen MR) is 112 cm³/mol. The van der Waals surface area contributed by atoms with Gasteiger partial charge in [0.1, 0.15) is 0 Å². The molecule has 1 aromatic rings. The van der Waals surface area contributed by atoms with Crippen LogP contribution in [0.3, 0.4) is 0 Å². The summed E-state index contributed by atoms with van der Waals surface area (Å²) < 4.78 is 0. The Morgan fingerprint density at radius 3 is 2.48 bits per heavy atom. The van der Waals surface area contributed by atoms with Gasteiger partial charge in [-0.25, -0.2) is 0 Å². The van der Waals surface area contributed by atoms with Gasteiger partial charge in [-0.2, -0.15) is 0 Å². The number of aliphatic imine (C=N–C) groups is 1. The van der Waals surface area contributed by atoms with Crippen LogP contribution in [0, 0.1) is 0 Å². The molecule has 1 aliphatic heterocycles. The van der Waals surface area contributed by atoms with Gasteiger partial charge in [0.25, 0.3) is 0 Å². The molecule has 0 bridgehead atoms. The van der Waals surface area contributed by atoms with E-state index in [1.807, 2.05) is 36.1 Å². The third-order valence-corrected chi connectivity index (χ3v) is 4.71. The summed E-state index contributed by atoms with van der Waals surface area (Å²) in [5.74, 6) is 0. The molecule has 1 aliphatic rings. The van der Waals surface area contributed by atoms with Crippen LogP contribution in [0.15, 0.2) is 69.5 Å². The van der Waals surface area contributed by atoms with E-state index in [1.165, 1.54) is 0 Å². The minimum absolute atomic E-state index is 0.509. The van der Waals surface area contributed by atoms with E-state index in [0.29, 0.717) is 20.8 Å². The Morgan fingerprint density at radius 1 is 1.28 bits per heavy atom. The highest BCUT2D eigenvalue weighted by Gasteiger charge is 2.28. The van der Waals surface area contributed by atoms with E-state index in [9.17, 15) is 0 Å². The summed E-state index contributed by atoms with van der Waals surface area (Å²) in [6, 6.07) is 5.45. The quantitative estimate of drug-likeness (QED) is 0.494. The molecule has 0 aromatic heterocycles. The van der Waals surface area contributed by atoms with Gasteiger partial charge in [-0.15, -0.1) is 0 Å². The predicted octanol–water partition coefficient (Wildman–Crippen LogP) is 7.15. The molecule has 25 heavy (non-hydrogen) atoms. The van der Waals surface area contributed by atoms with Gasteiger partial charge in [0.2, 0.25) is 0 Å². The largest absolute Gasteiger partial charge is 0.309 e. The maximum atomic E-state index is 6.61. The van der Waals surface area contributed by atoms with Crippen LogP contribution >= 0.6 is 34.8 Å². The van der Waals surface area contributed by atoms with E-state index in [-0.39, 0.29) is 0 Å². The molecule has 1 heterocycles. The fourth-order valence-electron chi connectivity index (χ4n) is 2.76. The minimum Gasteiger partial charge on any atom is -0.309 e. The molecule has 5 heteroatoms. The first kappa shape index (κ1) is 19.8. The van der Waals surface area contributed by atoms with Gasteiger partial charge in [-0.05, 0) is 37.1 Å². The summed E-state index contributed by atoms with van der Waals surface area (Å²) in [4.78, 5) is 6.04. The Labute approximate surface area is 164 Å². The van der Waals surface area contributed by atoms with Crippen molar-refractivity contribution < 1.29 is 0 Å². The van der Waals surface area contributed by atoms with E-state index in [0.717, 1.165) is 35.4 Å². The number of anilines is 1. The smallest absolute Gasteiger partial charge is 0.0833 e. The van der Waals surface area contributed by atoms with Crippen molar-refractivity contribution in [1.29, 1.82) is 0 Å². The van der Waals surface area contributed by atoms with Crippen molar-refractivity contribution in [2.24, 2.45) is 4.99 Å². The van der Waals surface area contributed by atoms with Crippen LogP contribution in [-0.2, 0) is 0 Å². The maximum absolute atomic E-state index is 6.61. The van der Waals surface area contributed by atoms with Crippen molar-refractivity contribution in [2.45, 2.75) is 26.7 Å². The van der Waals surface area contributed by atoms with Gasteiger partial charge in [-0.3, -0.25) is 4.99 Å². The van der Waals surface area contributed by atoms with Crippen LogP contribution in [-0.4, -0.2) is 13.3 Å². The lowest BCUT2D eigenvalue weighted by atomic mass is 9.95. The second-order valence-electron chi connectivity index (χ2n) is 5.71. The second kappa shape index (κ2) is 8.75. The number of hydrogen-bond donors (Lipinski definition) is 0. The molecule has 0 unspecified atom stereocenters. The van der Waals surface area contributed by atoms with Crippen LogP contribution in [0.25, 0.3) is 0 Å². The normalized spacial score (nSPS) is 19.0. The van der Waals surface area contributed by atoms with E-state index in [4.69, 9.17) is 34.8 Å². The summed E-state index contributed by atoms with van der Waals surface area (Å²) in [6.07, 6.45) is 7.73. The summed E-state index contributed by atoms with van der Waals surface area (Å²) >= 11 is 19.5. The van der Waals surface area contributed by atoms with Crippen LogP contribution in [0.2, 0.25) is 10.0 Å². The average Bonchev–Trinajstić information content (AvgIpc) is 2.55. The van der Waals surface area contributed by atoms with Crippen molar-refractivity contribution in [3.63, 3.8) is 0 Å². The van der Waals surface area contributed by atoms with Gasteiger partial charge >= 0.3 is 0 Å². The SMILES string of the molecule is C=C1C=C(C)N(c2c(Cl)cccc2Cl)C(=C(\Cl)C=NC)/C1=C/CCC. The van der Waals surface area contributed by atoms with E-state index in [1.54, 1.807) is 13.3 Å². The minimum atomic E-state index is 0.509. The molecular formula is C20H21Cl3N2. The maximum Gasteiger partial charge on any atom is 0.0833 e. The van der Waals surface area contributed by atoms with Crippen molar-refractivity contribution >= 4 is 46.7 Å². The second-order valence-corrected chi connectivity index (χ2v) is 6.93. The fraction of sp³-hybridized carbons (Fsp3) is 0.250. The lowest BCUT2D eigenvalue weighted by Gasteiger charge is -2.35. The summed E-state index contributed by atoms with van der Waals surface area (Å²) in [5.41, 5.74) is 4.30. The zero-order valence-electron chi connectivity index (χ0n) is 14.6. The molecule has 0 saturated carbocycles. The van der Waals surface area contributed by atoms with Crippen LogP contribution in [0.4, 0.5) is 5.69 Å². The van der Waals surface area contributed by atoms with Crippen molar-refractivity contribution in [2.75, 3.05) is 11.9 Å². The first-order valence-electron chi connectivity index (χ1n) is 8.06. The standard InChI is InChI=1S/C20H21Cl3N2/c1-5-6-8-15-13(2)11-14(3)25(19(15)18(23)12-24-4)20-16(21)9-7-10-17(20)22/h7-12H,2,5-6H2,1,3-4H3/b15-8+,19-18-,24-12?. The molecule has 0 radical (unpaired) electrons. The highest BCUT2D eigenvalue weighted by molar-refractivity contribution is 6.41. The fourth-order valence-corrected chi connectivity index (χ4v) is 3.61. The lowest BCUT2D eigenvalue weighted by molar-refractivity contribution is 0.942. The van der Waals surface area contributed by atoms with Crippen LogP contribution in [0.1, 0.15) is 26.7 Å². The van der Waals surface area contributed by atoms with Gasteiger partial charge in [0.15, 0.2) is 0 Å². The van der Waals surface area contributed by atoms with Crippen LogP contribution in [0.5, 0.6) is 0 Å². The third kappa shape index (κ3) is 4.20. The number of halogens is 3. The number of hydrogen-bond acceptors (Lipinski definition) is 2. The Hall–Kier alpha value is -1.48. The molecule has 0 amide bonds. The molecule has 0 saturated heterocycles. The lowest BCUT2D eigenvalue weighted by Crippen LogP contribution is -2.27. The highest BCUT2D eigenvalue weighted by atomic mass is 35.5. The third-order valence-electron chi connectivity index (χ3n) is 3.83. The van der Waals surface area contributed by atoms with Crippen molar-refractivity contribution in [3.05, 3.63) is 74.5 Å². The Morgan fingerprint density at radius 2 is 1.92 bits per heavy atom. The number of para-hydroxylation sites is 1. The number of allylic oxidation sites excluding steroid dienone is 5. The zero-order chi connectivity index (χ0) is 18.6. The van der Waals surface area contributed by atoms with Gasteiger partial charge in [0.05, 0.1) is 26.5 Å². The van der Waals surface area contributed by atoms with E-state index >= 15 is 0 Å². The Bertz CT molecular complexity index is 781. The molecule has 2 rings (SSSR count). The average molecular weight is 396 g/mol. The van der Waals surface area contributed by atoms with Gasteiger partial charge in [-0.1, -0.05) is 66.9 Å². The van der Waals surface area contributed by atoms with E-state index in [2.05, 4.69) is 24.6 Å². The molecule has 0 N–H and O–H groups in total. The van der Waals surface area contributed by atoms with Crippen molar-refractivity contribution in [3.8, 4) is 0 Å². The number of unbranched alkanes of at least 4 members (excludes halogenated alkanes) is 1. The van der Waals surface area contributed by atoms with Gasteiger partial charge < -0.3 is 4.90 Å². The van der Waals surface area contributed by atoms with Gasteiger partial charge in [0, 0.05) is 24.5 Å². The molecule has 132 valence electrons. The molecular weight excluding hydrogens is 375 g/mol. The molecule has 0 fully saturated rings. The molecule has 0 spiro atoms. The number of benzene rings is 1. The summed E-state index contributed by atoms with van der Waals surface area (Å²) in [6.45, 7) is 8.30. The summed E-state index contributed by atoms with van der Waals surface area (Å²) in [7, 11) is 1.69. The molecule has 0 atom stereocenters. The highest BCUT2D eigenvalue weighted by Crippen LogP contribution is 2.44. The Kier molecular flexibility index (Phi) is 6.95. The van der Waals surface area contributed by atoms with Crippen molar-refractivity contribution in [1.82, 2.24) is 0 Å². The van der Waals surface area contributed by atoms with Crippen LogP contribution < -0.4 is 4.90 Å². The first-order valence-corrected chi connectivity index (χ1v) is 9.19. The van der Waals surface area contributed by atoms with E-state index < -0.39 is 0 Å². The zero-order valence-corrected chi connectivity index (χ0v) is 16.9. The monoisotopic (exact) mass is 394 g/mol. The first-order chi connectivity index (χ1) is 11.9. The molecule has 0 aliphatic carbocycles. The topological polar surface area (TPSA) is 15.6 Å². The number of nitrogens with zero attached hydrogens (tertiary/aromatic N) is 2. The number of rotatable bonds is 4. The Balaban J connectivity index is 2.81. The molecule has 1 aromatic carbocycles.